The van der Waals surface area contributed by atoms with Crippen LogP contribution in [0.5, 0.6) is 5.75 Å². The Kier molecular flexibility index (Phi) is 11.1. The largest absolute Gasteiger partial charge is 0.491 e. The predicted molar refractivity (Wildman–Crippen MR) is 241 cm³/mol. The van der Waals surface area contributed by atoms with Crippen LogP contribution in [0.15, 0.2) is 158 Å². The predicted octanol–water partition coefficient (Wildman–Crippen LogP) is 5.97. The van der Waals surface area contributed by atoms with Gasteiger partial charge in [0.05, 0.1) is 36.2 Å². The van der Waals surface area contributed by atoms with Crippen LogP contribution in [0.25, 0.3) is 11.0 Å². The number of nitrogens with one attached hydrogen (secondary N) is 2. The highest BCUT2D eigenvalue weighted by Crippen LogP contribution is 2.64. The van der Waals surface area contributed by atoms with E-state index in [2.05, 4.69) is 32.8 Å². The summed E-state index contributed by atoms with van der Waals surface area (Å²) in [6.45, 7) is -0.0583. The van der Waals surface area contributed by atoms with Gasteiger partial charge in [-0.2, -0.15) is 0 Å². The first-order valence-electron chi connectivity index (χ1n) is 21.5. The average Bonchev–Trinajstić information content (AvgIpc) is 4.00. The SMILES string of the molecule is O=C1O[C@@H](c2ccccc2)[C@@H](c2ccccc2)N2[C@@H](c3ccc(OCCO)cc3)[C@]3(C(=O)Nc4ccc(C#CCn5nnc6ccccc65)cc43)[C@@H](C(=O)NC[C@H](O)c3ccccc3)[C@H]12. The van der Waals surface area contributed by atoms with E-state index in [1.807, 2.05) is 120 Å². The lowest BCUT2D eigenvalue weighted by molar-refractivity contribution is -0.178. The van der Waals surface area contributed by atoms with Crippen molar-refractivity contribution < 1.29 is 34.1 Å². The van der Waals surface area contributed by atoms with Crippen LogP contribution in [0.4, 0.5) is 5.69 Å². The molecule has 0 radical (unpaired) electrons. The van der Waals surface area contributed by atoms with E-state index < -0.39 is 59.5 Å². The van der Waals surface area contributed by atoms with Gasteiger partial charge in [0.1, 0.15) is 42.0 Å². The first-order valence-corrected chi connectivity index (χ1v) is 21.5. The quantitative estimate of drug-likeness (QED) is 0.0898. The van der Waals surface area contributed by atoms with Crippen molar-refractivity contribution >= 4 is 34.5 Å². The molecule has 2 amide bonds. The lowest BCUT2D eigenvalue weighted by Gasteiger charge is -2.46. The standard InChI is InChI=1S/C52H44N6O7/c59-29-30-64-38-25-23-37(24-26-38)48-52(39-31-33(22-27-40(39)54-51(52)63)13-12-28-57-42-21-11-10-20-41(42)55-56-57)44(49(61)53-32-43(60)34-14-4-1-5-15-34)46-50(62)65-47(36-18-8-3-9-19-36)45(58(46)48)35-16-6-2-7-17-35/h1-11,14-27,31,43-48,59-60H,28-30,32H2,(H,53,61)(H,54,63)/t43-,44+,45+,46+,47-,48-,52+/m0/s1. The van der Waals surface area contributed by atoms with Crippen LogP contribution in [-0.2, 0) is 31.1 Å². The van der Waals surface area contributed by atoms with E-state index in [1.54, 1.807) is 47.1 Å². The molecule has 3 aliphatic heterocycles. The van der Waals surface area contributed by atoms with E-state index in [9.17, 15) is 10.2 Å². The Morgan fingerprint density at radius 1 is 0.831 bits per heavy atom. The topological polar surface area (TPSA) is 168 Å². The molecule has 0 saturated carbocycles. The number of benzene rings is 6. The van der Waals surface area contributed by atoms with Crippen molar-refractivity contribution in [2.45, 2.75) is 42.3 Å². The number of hydrogen-bond donors (Lipinski definition) is 4. The summed E-state index contributed by atoms with van der Waals surface area (Å²) in [5.74, 6) is 3.82. The molecule has 324 valence electrons. The summed E-state index contributed by atoms with van der Waals surface area (Å²) in [5, 5.41) is 35.5. The highest BCUT2D eigenvalue weighted by atomic mass is 16.6. The molecule has 6 aromatic carbocycles. The minimum absolute atomic E-state index is 0.0748. The number of para-hydroxylation sites is 1. The summed E-state index contributed by atoms with van der Waals surface area (Å²) in [6, 6.07) is 45.4. The van der Waals surface area contributed by atoms with Gasteiger partial charge in [-0.1, -0.05) is 132 Å². The molecule has 0 bridgehead atoms. The molecule has 10 rings (SSSR count). The van der Waals surface area contributed by atoms with E-state index in [4.69, 9.17) is 9.47 Å². The number of cyclic esters (lactones) is 1. The number of esters is 1. The molecule has 0 aliphatic carbocycles. The van der Waals surface area contributed by atoms with Crippen molar-refractivity contribution in [2.75, 3.05) is 25.1 Å². The van der Waals surface area contributed by atoms with E-state index in [-0.39, 0.29) is 26.3 Å². The lowest BCUT2D eigenvalue weighted by Crippen LogP contribution is -2.55. The number of fused-ring (bicyclic) bond motifs is 4. The molecule has 4 N–H and O–H groups in total. The van der Waals surface area contributed by atoms with Crippen molar-refractivity contribution in [2.24, 2.45) is 5.92 Å². The number of carbonyl (C=O) groups is 3. The van der Waals surface area contributed by atoms with E-state index in [0.29, 0.717) is 33.7 Å². The third-order valence-corrected chi connectivity index (χ3v) is 12.7. The number of ether oxygens (including phenoxy) is 2. The first kappa shape index (κ1) is 41.4. The average molecular weight is 865 g/mol. The number of rotatable bonds is 11. The maximum atomic E-state index is 15.5. The lowest BCUT2D eigenvalue weighted by atomic mass is 9.65. The zero-order chi connectivity index (χ0) is 44.5. The Hall–Kier alpha value is -7.63. The number of carbonyl (C=O) groups excluding carboxylic acids is 3. The molecule has 13 heteroatoms. The second-order valence-corrected chi connectivity index (χ2v) is 16.3. The Morgan fingerprint density at radius 2 is 1.52 bits per heavy atom. The molecule has 7 atom stereocenters. The van der Waals surface area contributed by atoms with Gasteiger partial charge < -0.3 is 30.3 Å². The third-order valence-electron chi connectivity index (χ3n) is 12.7. The monoisotopic (exact) mass is 864 g/mol. The van der Waals surface area contributed by atoms with Crippen molar-refractivity contribution in [3.05, 3.63) is 191 Å². The van der Waals surface area contributed by atoms with Gasteiger partial charge in [-0.25, -0.2) is 4.68 Å². The highest BCUT2D eigenvalue weighted by Gasteiger charge is 2.74. The number of hydrogen-bond acceptors (Lipinski definition) is 10. The molecule has 4 heterocycles. The molecule has 3 aliphatic rings. The number of aliphatic hydroxyl groups excluding tert-OH is 2. The smallest absolute Gasteiger partial charge is 0.324 e. The fourth-order valence-corrected chi connectivity index (χ4v) is 9.93. The minimum atomic E-state index is -1.77. The fraction of sp³-hybridized carbons (Fsp3) is 0.212. The van der Waals surface area contributed by atoms with Crippen LogP contribution in [0.1, 0.15) is 57.7 Å². The Bertz CT molecular complexity index is 2940. The van der Waals surface area contributed by atoms with Crippen LogP contribution >= 0.6 is 0 Å². The van der Waals surface area contributed by atoms with Gasteiger partial charge in [-0.05, 0) is 70.3 Å². The molecular formula is C52H44N6O7. The van der Waals surface area contributed by atoms with E-state index in [0.717, 1.165) is 22.2 Å². The van der Waals surface area contributed by atoms with Gasteiger partial charge in [0.25, 0.3) is 0 Å². The number of morpholine rings is 1. The van der Waals surface area contributed by atoms with Crippen LogP contribution in [0.2, 0.25) is 0 Å². The molecule has 1 spiro atoms. The number of aliphatic hydroxyl groups is 2. The van der Waals surface area contributed by atoms with Gasteiger partial charge in [0.2, 0.25) is 11.8 Å². The molecule has 65 heavy (non-hydrogen) atoms. The van der Waals surface area contributed by atoms with Crippen LogP contribution in [0, 0.1) is 17.8 Å². The van der Waals surface area contributed by atoms with Gasteiger partial charge in [0.15, 0.2) is 0 Å². The van der Waals surface area contributed by atoms with Crippen LogP contribution in [0.3, 0.4) is 0 Å². The van der Waals surface area contributed by atoms with Crippen LogP contribution < -0.4 is 15.4 Å². The van der Waals surface area contributed by atoms with Crippen molar-refractivity contribution in [3.8, 4) is 17.6 Å². The summed E-state index contributed by atoms with van der Waals surface area (Å²) in [6.07, 6.45) is -1.92. The molecule has 0 unspecified atom stereocenters. The van der Waals surface area contributed by atoms with Gasteiger partial charge in [0, 0.05) is 17.8 Å². The van der Waals surface area contributed by atoms with Gasteiger partial charge in [-0.15, -0.1) is 5.10 Å². The summed E-state index contributed by atoms with van der Waals surface area (Å²) in [5.41, 5.74) is 4.11. The number of amides is 2. The maximum absolute atomic E-state index is 15.5. The number of anilines is 1. The Labute approximate surface area is 374 Å². The molecule has 7 aromatic rings. The minimum Gasteiger partial charge on any atom is -0.491 e. The van der Waals surface area contributed by atoms with Crippen molar-refractivity contribution in [1.82, 2.24) is 25.2 Å². The normalized spacial score (nSPS) is 22.6. The fourth-order valence-electron chi connectivity index (χ4n) is 9.93. The second kappa shape index (κ2) is 17.5. The molecule has 2 fully saturated rings. The van der Waals surface area contributed by atoms with Crippen LogP contribution in [-0.4, -0.2) is 73.7 Å². The van der Waals surface area contributed by atoms with Crippen molar-refractivity contribution in [3.63, 3.8) is 0 Å². The zero-order valence-corrected chi connectivity index (χ0v) is 35.0. The first-order chi connectivity index (χ1) is 31.9. The Morgan fingerprint density at radius 3 is 2.26 bits per heavy atom. The molecule has 2 saturated heterocycles. The summed E-state index contributed by atoms with van der Waals surface area (Å²) >= 11 is 0. The second-order valence-electron chi connectivity index (χ2n) is 16.3. The van der Waals surface area contributed by atoms with Crippen molar-refractivity contribution in [1.29, 1.82) is 0 Å². The molecular weight excluding hydrogens is 821 g/mol. The number of aromatic nitrogens is 3. The van der Waals surface area contributed by atoms with Gasteiger partial charge >= 0.3 is 5.97 Å². The highest BCUT2D eigenvalue weighted by molar-refractivity contribution is 6.12. The zero-order valence-electron chi connectivity index (χ0n) is 35.0. The summed E-state index contributed by atoms with van der Waals surface area (Å²) < 4.78 is 14.0. The molecule has 1 aromatic heterocycles. The van der Waals surface area contributed by atoms with Gasteiger partial charge in [-0.3, -0.25) is 19.3 Å². The maximum Gasteiger partial charge on any atom is 0.324 e. The van der Waals surface area contributed by atoms with E-state index >= 15 is 14.4 Å². The summed E-state index contributed by atoms with van der Waals surface area (Å²) in [7, 11) is 0. The number of nitrogens with zero attached hydrogens (tertiary/aromatic N) is 4. The summed E-state index contributed by atoms with van der Waals surface area (Å²) in [4.78, 5) is 48.1. The Balaban J connectivity index is 1.17. The third kappa shape index (κ3) is 7.37. The van der Waals surface area contributed by atoms with E-state index in [1.165, 1.54) is 0 Å². The molecule has 13 nitrogen and oxygen atoms in total.